The molecule has 0 aliphatic heterocycles. The van der Waals surface area contributed by atoms with Gasteiger partial charge in [-0.05, 0) is 20.3 Å². The van der Waals surface area contributed by atoms with Crippen molar-refractivity contribution in [1.82, 2.24) is 0 Å². The van der Waals surface area contributed by atoms with E-state index in [-0.39, 0.29) is 19.2 Å². The van der Waals surface area contributed by atoms with Crippen LogP contribution in [0.15, 0.2) is 38.0 Å². The summed E-state index contributed by atoms with van der Waals surface area (Å²) in [5.74, 6) is -0.725. The van der Waals surface area contributed by atoms with Gasteiger partial charge in [0, 0.05) is 12.5 Å². The Morgan fingerprint density at radius 1 is 0.870 bits per heavy atom. The van der Waals surface area contributed by atoms with Gasteiger partial charge in [0.25, 0.3) is 0 Å². The van der Waals surface area contributed by atoms with Gasteiger partial charge in [-0.25, -0.2) is 4.79 Å². The standard InChI is InChI=1S/C13H22O4.2C3H6/c1-3-5-6-7-8-9-13(15)17-11-10-16-12(14)4-2;2*1-3-2/h4H,2-3,5-11H2,1H3;2*3H,1H2,2H3. The molecule has 0 aliphatic carbocycles. The van der Waals surface area contributed by atoms with Gasteiger partial charge in [-0.15, -0.1) is 13.2 Å². The summed E-state index contributed by atoms with van der Waals surface area (Å²) in [5, 5.41) is 0. The van der Waals surface area contributed by atoms with E-state index in [4.69, 9.17) is 4.74 Å². The molecule has 0 aromatic rings. The fourth-order valence-electron chi connectivity index (χ4n) is 1.30. The summed E-state index contributed by atoms with van der Waals surface area (Å²) < 4.78 is 9.56. The van der Waals surface area contributed by atoms with E-state index in [9.17, 15) is 9.59 Å². The number of rotatable bonds is 10. The number of allylic oxidation sites excluding steroid dienone is 2. The van der Waals surface area contributed by atoms with Crippen molar-refractivity contribution >= 4 is 11.9 Å². The molecule has 0 fully saturated rings. The largest absolute Gasteiger partial charge is 0.462 e. The first-order chi connectivity index (χ1) is 11.0. The van der Waals surface area contributed by atoms with Gasteiger partial charge in [0.1, 0.15) is 13.2 Å². The first kappa shape index (κ1) is 26.1. The van der Waals surface area contributed by atoms with Crippen molar-refractivity contribution < 1.29 is 19.1 Å². The lowest BCUT2D eigenvalue weighted by molar-refractivity contribution is -0.149. The molecule has 0 aromatic heterocycles. The molecule has 0 aromatic carbocycles. The third kappa shape index (κ3) is 33.2. The zero-order valence-corrected chi connectivity index (χ0v) is 15.1. The van der Waals surface area contributed by atoms with Crippen LogP contribution in [-0.2, 0) is 19.1 Å². The van der Waals surface area contributed by atoms with E-state index in [0.29, 0.717) is 6.42 Å². The van der Waals surface area contributed by atoms with Crippen molar-refractivity contribution in [1.29, 1.82) is 0 Å². The van der Waals surface area contributed by atoms with E-state index >= 15 is 0 Å². The van der Waals surface area contributed by atoms with Gasteiger partial charge in [0.05, 0.1) is 0 Å². The van der Waals surface area contributed by atoms with Crippen LogP contribution in [0, 0.1) is 0 Å². The Kier molecular flexibility index (Phi) is 28.5. The number of hydrogen-bond acceptors (Lipinski definition) is 4. The van der Waals surface area contributed by atoms with Gasteiger partial charge in [0.2, 0.25) is 0 Å². The minimum absolute atomic E-state index is 0.0897. The topological polar surface area (TPSA) is 52.6 Å². The Bertz CT molecular complexity index is 302. The van der Waals surface area contributed by atoms with Crippen molar-refractivity contribution in [2.75, 3.05) is 13.2 Å². The fraction of sp³-hybridized carbons (Fsp3) is 0.579. The van der Waals surface area contributed by atoms with Crippen LogP contribution in [0.1, 0.15) is 59.3 Å². The lowest BCUT2D eigenvalue weighted by Crippen LogP contribution is -2.12. The third-order valence-corrected chi connectivity index (χ3v) is 2.24. The number of esters is 2. The minimum Gasteiger partial charge on any atom is -0.462 e. The molecule has 0 N–H and O–H groups in total. The minimum atomic E-state index is -0.499. The highest BCUT2D eigenvalue weighted by Crippen LogP contribution is 2.05. The summed E-state index contributed by atoms with van der Waals surface area (Å²) in [6.07, 6.45) is 10.5. The molecule has 0 radical (unpaired) electrons. The average molecular weight is 326 g/mol. The van der Waals surface area contributed by atoms with Crippen LogP contribution < -0.4 is 0 Å². The Morgan fingerprint density at radius 2 is 1.35 bits per heavy atom. The molecule has 0 unspecified atom stereocenters. The second kappa shape index (κ2) is 25.1. The first-order valence-corrected chi connectivity index (χ1v) is 8.12. The average Bonchev–Trinajstić information content (AvgIpc) is 2.52. The van der Waals surface area contributed by atoms with Gasteiger partial charge in [-0.3, -0.25) is 4.79 Å². The van der Waals surface area contributed by atoms with Crippen LogP contribution in [0.25, 0.3) is 0 Å². The van der Waals surface area contributed by atoms with Crippen molar-refractivity contribution in [3.8, 4) is 0 Å². The summed E-state index contributed by atoms with van der Waals surface area (Å²) in [6, 6.07) is 0. The molecular formula is C19H34O4. The highest BCUT2D eigenvalue weighted by atomic mass is 16.6. The fourth-order valence-corrected chi connectivity index (χ4v) is 1.30. The zero-order valence-electron chi connectivity index (χ0n) is 15.1. The van der Waals surface area contributed by atoms with Crippen LogP contribution in [0.4, 0.5) is 0 Å². The molecule has 23 heavy (non-hydrogen) atoms. The SMILES string of the molecule is C=CC.C=CC.C=CC(=O)OCCOC(=O)CCCCCCC. The number of carbonyl (C=O) groups is 2. The summed E-state index contributed by atoms with van der Waals surface area (Å²) in [7, 11) is 0. The van der Waals surface area contributed by atoms with Gasteiger partial charge in [-0.2, -0.15) is 0 Å². The molecule has 0 bridgehead atoms. The molecule has 134 valence electrons. The molecule has 4 nitrogen and oxygen atoms in total. The van der Waals surface area contributed by atoms with Crippen molar-refractivity contribution in [3.63, 3.8) is 0 Å². The molecule has 0 spiro atoms. The highest BCUT2D eigenvalue weighted by molar-refractivity contribution is 5.81. The van der Waals surface area contributed by atoms with Crippen LogP contribution in [0.3, 0.4) is 0 Å². The zero-order chi connectivity index (χ0) is 18.3. The lowest BCUT2D eigenvalue weighted by atomic mass is 10.1. The molecule has 0 saturated heterocycles. The Morgan fingerprint density at radius 3 is 1.83 bits per heavy atom. The lowest BCUT2D eigenvalue weighted by Gasteiger charge is -2.04. The Hall–Kier alpha value is -1.84. The van der Waals surface area contributed by atoms with E-state index in [1.807, 2.05) is 13.8 Å². The van der Waals surface area contributed by atoms with Crippen molar-refractivity contribution in [2.45, 2.75) is 59.3 Å². The molecule has 0 rings (SSSR count). The Balaban J connectivity index is -0.000000573. The normalized spacial score (nSPS) is 8.30. The number of hydrogen-bond donors (Lipinski definition) is 0. The monoisotopic (exact) mass is 326 g/mol. The van der Waals surface area contributed by atoms with E-state index < -0.39 is 5.97 Å². The van der Waals surface area contributed by atoms with E-state index in [2.05, 4.69) is 31.4 Å². The second-order valence-corrected chi connectivity index (χ2v) is 4.57. The predicted octanol–water partition coefficient (Wildman–Crippen LogP) is 5.00. The molecule has 0 aliphatic rings. The second-order valence-electron chi connectivity index (χ2n) is 4.57. The number of ether oxygens (including phenoxy) is 2. The number of unbranched alkanes of at least 4 members (excludes halogenated alkanes) is 4. The van der Waals surface area contributed by atoms with Crippen LogP contribution in [-0.4, -0.2) is 25.2 Å². The quantitative estimate of drug-likeness (QED) is 0.245. The molecule has 0 saturated carbocycles. The summed E-state index contributed by atoms with van der Waals surface area (Å²) in [6.45, 7) is 16.1. The van der Waals surface area contributed by atoms with Gasteiger partial charge < -0.3 is 9.47 Å². The summed E-state index contributed by atoms with van der Waals surface area (Å²) >= 11 is 0. The molecule has 0 heterocycles. The number of carbonyl (C=O) groups excluding carboxylic acids is 2. The third-order valence-electron chi connectivity index (χ3n) is 2.24. The molecule has 4 heteroatoms. The maximum Gasteiger partial charge on any atom is 0.330 e. The van der Waals surface area contributed by atoms with E-state index in [1.165, 1.54) is 19.3 Å². The maximum atomic E-state index is 11.2. The van der Waals surface area contributed by atoms with Crippen LogP contribution in [0.5, 0.6) is 0 Å². The molecule has 0 amide bonds. The Labute approximate surface area is 142 Å². The molecule has 0 atom stereocenters. The van der Waals surface area contributed by atoms with Gasteiger partial charge in [0.15, 0.2) is 0 Å². The van der Waals surface area contributed by atoms with Crippen LogP contribution in [0.2, 0.25) is 0 Å². The first-order valence-electron chi connectivity index (χ1n) is 8.12. The summed E-state index contributed by atoms with van der Waals surface area (Å²) in [4.78, 5) is 21.9. The summed E-state index contributed by atoms with van der Waals surface area (Å²) in [5.41, 5.74) is 0. The molecular weight excluding hydrogens is 292 g/mol. The highest BCUT2D eigenvalue weighted by Gasteiger charge is 2.03. The van der Waals surface area contributed by atoms with E-state index in [0.717, 1.165) is 18.9 Å². The predicted molar refractivity (Wildman–Crippen MR) is 97.2 cm³/mol. The van der Waals surface area contributed by atoms with Gasteiger partial charge in [-0.1, -0.05) is 51.3 Å². The maximum absolute atomic E-state index is 11.2. The van der Waals surface area contributed by atoms with Crippen molar-refractivity contribution in [3.05, 3.63) is 38.0 Å². The van der Waals surface area contributed by atoms with E-state index in [1.54, 1.807) is 12.2 Å². The van der Waals surface area contributed by atoms with Gasteiger partial charge >= 0.3 is 11.9 Å². The smallest absolute Gasteiger partial charge is 0.330 e. The van der Waals surface area contributed by atoms with Crippen LogP contribution >= 0.6 is 0 Å². The van der Waals surface area contributed by atoms with Crippen molar-refractivity contribution in [2.24, 2.45) is 0 Å².